The van der Waals surface area contributed by atoms with Crippen molar-refractivity contribution < 1.29 is 0 Å². The Kier molecular flexibility index (Phi) is 2.62. The molecule has 1 aliphatic rings. The van der Waals surface area contributed by atoms with Crippen LogP contribution < -0.4 is 5.32 Å². The van der Waals surface area contributed by atoms with Gasteiger partial charge in [0.1, 0.15) is 0 Å². The van der Waals surface area contributed by atoms with Gasteiger partial charge in [0.25, 0.3) is 0 Å². The fraction of sp³-hybridized carbons (Fsp3) is 0.727. The summed E-state index contributed by atoms with van der Waals surface area (Å²) in [6.45, 7) is 7.86. The molecule has 2 atom stereocenters. The van der Waals surface area contributed by atoms with Crippen molar-refractivity contribution in [3.63, 3.8) is 0 Å². The van der Waals surface area contributed by atoms with Crippen LogP contribution in [0.5, 0.6) is 0 Å². The molecular weight excluding hydrogens is 192 g/mol. The lowest BCUT2D eigenvalue weighted by Crippen LogP contribution is -2.26. The van der Waals surface area contributed by atoms with E-state index in [4.69, 9.17) is 0 Å². The van der Waals surface area contributed by atoms with Crippen molar-refractivity contribution in [1.29, 1.82) is 0 Å². The Morgan fingerprint density at radius 3 is 3.07 bits per heavy atom. The average molecular weight is 210 g/mol. The zero-order valence-electron chi connectivity index (χ0n) is 9.08. The molecule has 1 heterocycles. The summed E-state index contributed by atoms with van der Waals surface area (Å²) in [5.74, 6) is 0.788. The summed E-state index contributed by atoms with van der Waals surface area (Å²) in [5.41, 5.74) is 0.371. The zero-order chi connectivity index (χ0) is 10.2. The summed E-state index contributed by atoms with van der Waals surface area (Å²) >= 11 is 1.79. The number of thiazole rings is 1. The molecule has 78 valence electrons. The normalized spacial score (nSPS) is 31.0. The van der Waals surface area contributed by atoms with Gasteiger partial charge in [0.15, 0.2) is 0 Å². The molecule has 2 rings (SSSR count). The lowest BCUT2D eigenvalue weighted by molar-refractivity contribution is 0.527. The van der Waals surface area contributed by atoms with Crippen LogP contribution in [0, 0.1) is 5.92 Å². The Bertz CT molecular complexity index is 294. The Hall–Kier alpha value is -0.410. The number of nitrogens with one attached hydrogen (secondary N) is 1. The fourth-order valence-corrected chi connectivity index (χ4v) is 2.79. The van der Waals surface area contributed by atoms with E-state index in [1.807, 2.05) is 6.20 Å². The van der Waals surface area contributed by atoms with Crippen LogP contribution >= 0.6 is 11.3 Å². The Labute approximate surface area is 89.8 Å². The van der Waals surface area contributed by atoms with Crippen molar-refractivity contribution in [2.24, 2.45) is 5.92 Å². The summed E-state index contributed by atoms with van der Waals surface area (Å²) in [7, 11) is 0. The second-order valence-electron chi connectivity index (χ2n) is 4.72. The van der Waals surface area contributed by atoms with E-state index in [0.29, 0.717) is 11.5 Å². The molecule has 2 unspecified atom stereocenters. The summed E-state index contributed by atoms with van der Waals surface area (Å²) in [5, 5.41) is 6.89. The Morgan fingerprint density at radius 2 is 2.50 bits per heavy atom. The van der Waals surface area contributed by atoms with Crippen molar-refractivity contribution in [2.75, 3.05) is 6.54 Å². The Balaban J connectivity index is 1.90. The third-order valence-corrected chi connectivity index (χ3v) is 4.16. The molecular formula is C11H18N2S. The SMILES string of the molecule is CC(C)NCC1CC1(C)c1nccs1. The highest BCUT2D eigenvalue weighted by molar-refractivity contribution is 7.09. The van der Waals surface area contributed by atoms with Crippen LogP contribution in [0.2, 0.25) is 0 Å². The van der Waals surface area contributed by atoms with E-state index in [1.165, 1.54) is 11.4 Å². The van der Waals surface area contributed by atoms with E-state index in [1.54, 1.807) is 11.3 Å². The molecule has 1 aromatic heterocycles. The number of hydrogen-bond donors (Lipinski definition) is 1. The largest absolute Gasteiger partial charge is 0.314 e. The molecule has 1 fully saturated rings. The van der Waals surface area contributed by atoms with Crippen LogP contribution in [0.1, 0.15) is 32.2 Å². The van der Waals surface area contributed by atoms with Crippen LogP contribution in [0.15, 0.2) is 11.6 Å². The molecule has 1 aliphatic carbocycles. The minimum atomic E-state index is 0.371. The summed E-state index contributed by atoms with van der Waals surface area (Å²) in [6, 6.07) is 0.594. The number of rotatable bonds is 4. The molecule has 0 radical (unpaired) electrons. The van der Waals surface area contributed by atoms with Gasteiger partial charge in [-0.05, 0) is 18.9 Å². The molecule has 0 aromatic carbocycles. The van der Waals surface area contributed by atoms with Crippen LogP contribution in [-0.4, -0.2) is 17.6 Å². The predicted molar refractivity (Wildman–Crippen MR) is 60.7 cm³/mol. The maximum absolute atomic E-state index is 4.42. The lowest BCUT2D eigenvalue weighted by Gasteiger charge is -2.10. The number of nitrogens with zero attached hydrogens (tertiary/aromatic N) is 1. The van der Waals surface area contributed by atoms with E-state index in [2.05, 4.69) is 36.5 Å². The van der Waals surface area contributed by atoms with E-state index in [-0.39, 0.29) is 0 Å². The molecule has 1 aromatic rings. The molecule has 0 saturated heterocycles. The first-order valence-corrected chi connectivity index (χ1v) is 6.14. The molecule has 1 saturated carbocycles. The van der Waals surface area contributed by atoms with E-state index in [0.717, 1.165) is 12.5 Å². The minimum Gasteiger partial charge on any atom is -0.314 e. The summed E-state index contributed by atoms with van der Waals surface area (Å²) in [6.07, 6.45) is 3.21. The van der Waals surface area contributed by atoms with Crippen molar-refractivity contribution in [1.82, 2.24) is 10.3 Å². The molecule has 3 heteroatoms. The highest BCUT2D eigenvalue weighted by atomic mass is 32.1. The summed E-state index contributed by atoms with van der Waals surface area (Å²) in [4.78, 5) is 4.42. The van der Waals surface area contributed by atoms with Gasteiger partial charge in [0.2, 0.25) is 0 Å². The van der Waals surface area contributed by atoms with Crippen molar-refractivity contribution in [2.45, 2.75) is 38.6 Å². The highest BCUT2D eigenvalue weighted by Gasteiger charge is 2.52. The molecule has 0 amide bonds. The average Bonchev–Trinajstić information content (AvgIpc) is 2.63. The van der Waals surface area contributed by atoms with Gasteiger partial charge in [0.05, 0.1) is 5.01 Å². The van der Waals surface area contributed by atoms with E-state index < -0.39 is 0 Å². The zero-order valence-corrected chi connectivity index (χ0v) is 9.90. The van der Waals surface area contributed by atoms with Crippen LogP contribution in [0.25, 0.3) is 0 Å². The molecule has 2 nitrogen and oxygen atoms in total. The van der Waals surface area contributed by atoms with Gasteiger partial charge in [-0.25, -0.2) is 4.98 Å². The van der Waals surface area contributed by atoms with Crippen LogP contribution in [-0.2, 0) is 5.41 Å². The first-order chi connectivity index (χ1) is 6.63. The van der Waals surface area contributed by atoms with Crippen LogP contribution in [0.3, 0.4) is 0 Å². The van der Waals surface area contributed by atoms with E-state index >= 15 is 0 Å². The second kappa shape index (κ2) is 3.63. The minimum absolute atomic E-state index is 0.371. The molecule has 14 heavy (non-hydrogen) atoms. The molecule has 1 N–H and O–H groups in total. The Morgan fingerprint density at radius 1 is 1.71 bits per heavy atom. The molecule has 0 aliphatic heterocycles. The standard InChI is InChI=1S/C11H18N2S/c1-8(2)13-7-9-6-11(9,3)10-12-4-5-14-10/h4-5,8-9,13H,6-7H2,1-3H3. The lowest BCUT2D eigenvalue weighted by atomic mass is 10.1. The number of aromatic nitrogens is 1. The third kappa shape index (κ3) is 1.84. The first kappa shape index (κ1) is 10.1. The quantitative estimate of drug-likeness (QED) is 0.825. The van der Waals surface area contributed by atoms with Gasteiger partial charge in [-0.2, -0.15) is 0 Å². The fourth-order valence-electron chi connectivity index (χ4n) is 1.90. The van der Waals surface area contributed by atoms with E-state index in [9.17, 15) is 0 Å². The highest BCUT2D eigenvalue weighted by Crippen LogP contribution is 2.54. The van der Waals surface area contributed by atoms with Gasteiger partial charge >= 0.3 is 0 Å². The van der Waals surface area contributed by atoms with Crippen molar-refractivity contribution in [3.8, 4) is 0 Å². The third-order valence-electron chi connectivity index (χ3n) is 3.10. The number of hydrogen-bond acceptors (Lipinski definition) is 3. The maximum Gasteiger partial charge on any atom is 0.0987 e. The van der Waals surface area contributed by atoms with Crippen LogP contribution in [0.4, 0.5) is 0 Å². The molecule has 0 spiro atoms. The molecule has 0 bridgehead atoms. The van der Waals surface area contributed by atoms with Crippen molar-refractivity contribution >= 4 is 11.3 Å². The first-order valence-electron chi connectivity index (χ1n) is 5.26. The smallest absolute Gasteiger partial charge is 0.0987 e. The topological polar surface area (TPSA) is 24.9 Å². The van der Waals surface area contributed by atoms with Gasteiger partial charge in [0, 0.05) is 23.0 Å². The van der Waals surface area contributed by atoms with Gasteiger partial charge in [-0.15, -0.1) is 11.3 Å². The van der Waals surface area contributed by atoms with Crippen molar-refractivity contribution in [3.05, 3.63) is 16.6 Å². The monoisotopic (exact) mass is 210 g/mol. The van der Waals surface area contributed by atoms with Gasteiger partial charge < -0.3 is 5.32 Å². The predicted octanol–water partition coefficient (Wildman–Crippen LogP) is 2.42. The summed E-state index contributed by atoms with van der Waals surface area (Å²) < 4.78 is 0. The second-order valence-corrected chi connectivity index (χ2v) is 5.61. The van der Waals surface area contributed by atoms with Gasteiger partial charge in [-0.3, -0.25) is 0 Å². The maximum atomic E-state index is 4.42. The van der Waals surface area contributed by atoms with Gasteiger partial charge in [-0.1, -0.05) is 20.8 Å².